The third-order valence-corrected chi connectivity index (χ3v) is 5.91. The summed E-state index contributed by atoms with van der Waals surface area (Å²) in [5, 5.41) is 0. The maximum absolute atomic E-state index is 4.37. The molecule has 3 aliphatic rings. The fourth-order valence-corrected chi connectivity index (χ4v) is 5.05. The van der Waals surface area contributed by atoms with Crippen molar-refractivity contribution in [3.8, 4) is 0 Å². The summed E-state index contributed by atoms with van der Waals surface area (Å²) in [6, 6.07) is 3.10. The molecule has 2 nitrogen and oxygen atoms in total. The number of hydrogen-bond donors (Lipinski definition) is 0. The quantitative estimate of drug-likeness (QED) is 0.695. The summed E-state index contributed by atoms with van der Waals surface area (Å²) >= 11 is 0. The van der Waals surface area contributed by atoms with Gasteiger partial charge in [0.1, 0.15) is 0 Å². The lowest BCUT2D eigenvalue weighted by Crippen LogP contribution is -2.59. The smallest absolute Gasteiger partial charge is 0.0303 e. The first-order chi connectivity index (χ1) is 8.81. The van der Waals surface area contributed by atoms with E-state index in [0.717, 1.165) is 12.0 Å². The van der Waals surface area contributed by atoms with Crippen molar-refractivity contribution in [1.82, 2.24) is 9.88 Å². The number of pyridine rings is 1. The molecule has 2 fully saturated rings. The van der Waals surface area contributed by atoms with Crippen molar-refractivity contribution in [1.29, 1.82) is 0 Å². The fourth-order valence-electron chi connectivity index (χ4n) is 5.05. The van der Waals surface area contributed by atoms with E-state index in [0.29, 0.717) is 5.41 Å². The van der Waals surface area contributed by atoms with E-state index in [-0.39, 0.29) is 0 Å². The lowest BCUT2D eigenvalue weighted by atomic mass is 9.52. The molecule has 1 aliphatic heterocycles. The van der Waals surface area contributed by atoms with Gasteiger partial charge in [-0.05, 0) is 62.4 Å². The van der Waals surface area contributed by atoms with Gasteiger partial charge < -0.3 is 4.90 Å². The van der Waals surface area contributed by atoms with Gasteiger partial charge in [-0.1, -0.05) is 12.8 Å². The molecule has 0 spiro atoms. The van der Waals surface area contributed by atoms with Crippen molar-refractivity contribution in [2.24, 2.45) is 5.92 Å². The van der Waals surface area contributed by atoms with Crippen LogP contribution in [0, 0.1) is 5.92 Å². The van der Waals surface area contributed by atoms with Crippen LogP contribution in [0.1, 0.15) is 43.2 Å². The summed E-state index contributed by atoms with van der Waals surface area (Å²) in [6.45, 7) is 1.28. The van der Waals surface area contributed by atoms with Crippen molar-refractivity contribution in [2.45, 2.75) is 50.0 Å². The molecule has 0 aromatic carbocycles. The van der Waals surface area contributed by atoms with Gasteiger partial charge in [0.25, 0.3) is 0 Å². The van der Waals surface area contributed by atoms with Gasteiger partial charge in [-0.15, -0.1) is 0 Å². The molecule has 0 amide bonds. The first-order valence-corrected chi connectivity index (χ1v) is 7.45. The topological polar surface area (TPSA) is 16.1 Å². The molecule has 1 aromatic heterocycles. The van der Waals surface area contributed by atoms with Gasteiger partial charge in [-0.2, -0.15) is 0 Å². The van der Waals surface area contributed by atoms with Crippen LogP contribution in [0.15, 0.2) is 18.5 Å². The number of likely N-dealkylation sites (tertiary alicyclic amines) is 1. The third-order valence-electron chi connectivity index (χ3n) is 5.91. The highest BCUT2D eigenvalue weighted by Crippen LogP contribution is 2.55. The summed E-state index contributed by atoms with van der Waals surface area (Å²) in [6.07, 6.45) is 12.5. The second-order valence-corrected chi connectivity index (χ2v) is 6.54. The molecule has 18 heavy (non-hydrogen) atoms. The van der Waals surface area contributed by atoms with Crippen LogP contribution >= 0.6 is 0 Å². The van der Waals surface area contributed by atoms with Gasteiger partial charge in [0.15, 0.2) is 0 Å². The van der Waals surface area contributed by atoms with Crippen LogP contribution in [0.2, 0.25) is 0 Å². The molecule has 2 heteroatoms. The van der Waals surface area contributed by atoms with E-state index in [2.05, 4.69) is 29.2 Å². The normalized spacial score (nSPS) is 38.9. The first kappa shape index (κ1) is 11.0. The van der Waals surface area contributed by atoms with E-state index in [1.807, 2.05) is 6.20 Å². The Morgan fingerprint density at radius 3 is 3.22 bits per heavy atom. The molecule has 96 valence electrons. The Morgan fingerprint density at radius 2 is 2.28 bits per heavy atom. The maximum Gasteiger partial charge on any atom is 0.0303 e. The Labute approximate surface area is 109 Å². The van der Waals surface area contributed by atoms with Crippen molar-refractivity contribution in [3.63, 3.8) is 0 Å². The maximum atomic E-state index is 4.37. The van der Waals surface area contributed by atoms with Crippen molar-refractivity contribution in [3.05, 3.63) is 29.6 Å². The summed E-state index contributed by atoms with van der Waals surface area (Å²) in [4.78, 5) is 6.98. The minimum absolute atomic E-state index is 0.506. The highest BCUT2D eigenvalue weighted by Gasteiger charge is 2.52. The Bertz CT molecular complexity index is 470. The molecule has 4 rings (SSSR count). The number of fused-ring (bicyclic) bond motifs is 1. The summed E-state index contributed by atoms with van der Waals surface area (Å²) in [5.74, 6) is 0.903. The van der Waals surface area contributed by atoms with Crippen LogP contribution < -0.4 is 0 Å². The average Bonchev–Trinajstić information content (AvgIpc) is 2.43. The minimum Gasteiger partial charge on any atom is -0.303 e. The van der Waals surface area contributed by atoms with Gasteiger partial charge >= 0.3 is 0 Å². The molecular weight excluding hydrogens is 220 g/mol. The van der Waals surface area contributed by atoms with Crippen molar-refractivity contribution >= 4 is 0 Å². The predicted molar refractivity (Wildman–Crippen MR) is 72.6 cm³/mol. The zero-order valence-electron chi connectivity index (χ0n) is 11.2. The summed E-state index contributed by atoms with van der Waals surface area (Å²) < 4.78 is 0. The Hall–Kier alpha value is -0.890. The number of aromatic nitrogens is 1. The number of likely N-dealkylation sites (N-methyl/N-ethyl adjacent to an activating group) is 1. The summed E-state index contributed by atoms with van der Waals surface area (Å²) in [5.41, 5.74) is 3.70. The average molecular weight is 242 g/mol. The van der Waals surface area contributed by atoms with Gasteiger partial charge in [-0.3, -0.25) is 4.98 Å². The number of hydrogen-bond acceptors (Lipinski definition) is 2. The monoisotopic (exact) mass is 242 g/mol. The Balaban J connectivity index is 1.90. The zero-order valence-corrected chi connectivity index (χ0v) is 11.2. The largest absolute Gasteiger partial charge is 0.303 e. The van der Waals surface area contributed by atoms with Crippen molar-refractivity contribution in [2.75, 3.05) is 13.6 Å². The molecule has 1 saturated carbocycles. The molecule has 2 aliphatic carbocycles. The highest BCUT2D eigenvalue weighted by atomic mass is 15.1. The zero-order chi connectivity index (χ0) is 12.2. The Kier molecular flexibility index (Phi) is 2.32. The molecule has 2 heterocycles. The van der Waals surface area contributed by atoms with E-state index in [9.17, 15) is 0 Å². The minimum atomic E-state index is 0.506. The van der Waals surface area contributed by atoms with E-state index < -0.39 is 0 Å². The van der Waals surface area contributed by atoms with E-state index in [1.54, 1.807) is 5.56 Å². The number of nitrogens with zero attached hydrogens (tertiary/aromatic N) is 2. The first-order valence-electron chi connectivity index (χ1n) is 7.45. The molecule has 1 saturated heterocycles. The Morgan fingerprint density at radius 1 is 1.33 bits per heavy atom. The van der Waals surface area contributed by atoms with Crippen molar-refractivity contribution < 1.29 is 0 Å². The number of rotatable bonds is 0. The van der Waals surface area contributed by atoms with E-state index in [4.69, 9.17) is 0 Å². The van der Waals surface area contributed by atoms with Gasteiger partial charge in [0.2, 0.25) is 0 Å². The van der Waals surface area contributed by atoms with Gasteiger partial charge in [-0.25, -0.2) is 0 Å². The number of piperidine rings is 1. The van der Waals surface area contributed by atoms with Crippen LogP contribution in [0.5, 0.6) is 0 Å². The summed E-state index contributed by atoms with van der Waals surface area (Å²) in [7, 11) is 2.32. The SMILES string of the molecule is CN1CC[C@@]23CCCC[C@@H]2[C@@H]1Cc1cnccc13. The standard InChI is InChI=1S/C16H22N2/c1-18-9-7-16-6-3-2-4-14(16)15(18)10-12-11-17-8-5-13(12)16/h5,8,11,14-15H,2-4,6-7,9-10H2,1H3/t14-,15+,16-/m1/s1. The van der Waals surface area contributed by atoms with Gasteiger partial charge in [0, 0.05) is 23.9 Å². The van der Waals surface area contributed by atoms with Crippen LogP contribution in [-0.2, 0) is 11.8 Å². The third kappa shape index (κ3) is 1.30. The molecule has 1 aromatic rings. The predicted octanol–water partition coefficient (Wildman–Crippen LogP) is 2.77. The molecule has 2 bridgehead atoms. The highest BCUT2D eigenvalue weighted by molar-refractivity contribution is 5.39. The lowest BCUT2D eigenvalue weighted by Gasteiger charge is -2.58. The molecule has 0 unspecified atom stereocenters. The molecular formula is C16H22N2. The van der Waals surface area contributed by atoms with Gasteiger partial charge in [0.05, 0.1) is 0 Å². The van der Waals surface area contributed by atoms with Crippen LogP contribution in [0.3, 0.4) is 0 Å². The fraction of sp³-hybridized carbons (Fsp3) is 0.688. The molecule has 0 N–H and O–H groups in total. The van der Waals surface area contributed by atoms with Crippen LogP contribution in [0.4, 0.5) is 0 Å². The van der Waals surface area contributed by atoms with Crippen LogP contribution in [-0.4, -0.2) is 29.5 Å². The van der Waals surface area contributed by atoms with Crippen LogP contribution in [0.25, 0.3) is 0 Å². The molecule has 3 atom stereocenters. The van der Waals surface area contributed by atoms with E-state index >= 15 is 0 Å². The molecule has 0 radical (unpaired) electrons. The second-order valence-electron chi connectivity index (χ2n) is 6.54. The van der Waals surface area contributed by atoms with E-state index in [1.165, 1.54) is 50.6 Å². The second kappa shape index (κ2) is 3.80. The lowest BCUT2D eigenvalue weighted by molar-refractivity contribution is 0.00272.